The van der Waals surface area contributed by atoms with Crippen molar-refractivity contribution < 1.29 is 22.9 Å². The summed E-state index contributed by atoms with van der Waals surface area (Å²) in [5, 5.41) is 13.0. The highest BCUT2D eigenvalue weighted by molar-refractivity contribution is 7.86. The lowest BCUT2D eigenvalue weighted by Gasteiger charge is -2.33. The lowest BCUT2D eigenvalue weighted by atomic mass is 10.1. The fourth-order valence-corrected chi connectivity index (χ4v) is 3.29. The van der Waals surface area contributed by atoms with Gasteiger partial charge in [0, 0.05) is 23.5 Å². The van der Waals surface area contributed by atoms with E-state index < -0.39 is 16.1 Å². The van der Waals surface area contributed by atoms with Crippen molar-refractivity contribution in [1.82, 2.24) is 10.5 Å². The molecular weight excluding hydrogens is 334 g/mol. The van der Waals surface area contributed by atoms with Gasteiger partial charge in [-0.15, -0.1) is 0 Å². The predicted molar refractivity (Wildman–Crippen MR) is 87.7 cm³/mol. The van der Waals surface area contributed by atoms with E-state index in [1.807, 2.05) is 0 Å². The minimum Gasteiger partial charge on any atom is -0.480 e. The summed E-state index contributed by atoms with van der Waals surface area (Å²) in [6, 6.07) is 9.63. The first kappa shape index (κ1) is 16.4. The molecule has 2 aromatic rings. The Morgan fingerprint density at radius 1 is 1.17 bits per heavy atom. The van der Waals surface area contributed by atoms with E-state index in [4.69, 9.17) is 5.11 Å². The number of anilines is 1. The quantitative estimate of drug-likeness (QED) is 0.707. The Hall–Kier alpha value is -2.46. The molecular formula is C15H15N3O5S. The number of aliphatic carboxylic acids is 1. The molecule has 3 rings (SSSR count). The number of fused-ring (bicyclic) bond motifs is 1. The third kappa shape index (κ3) is 3.24. The highest BCUT2D eigenvalue weighted by Gasteiger charge is 2.20. The van der Waals surface area contributed by atoms with Crippen LogP contribution in [0.2, 0.25) is 0 Å². The second-order valence-electron chi connectivity index (χ2n) is 5.23. The van der Waals surface area contributed by atoms with Gasteiger partial charge in [0.25, 0.3) is 10.1 Å². The zero-order valence-corrected chi connectivity index (χ0v) is 13.3. The van der Waals surface area contributed by atoms with E-state index in [0.717, 1.165) is 0 Å². The predicted octanol–water partition coefficient (Wildman–Crippen LogP) is 1.23. The number of hydrogen-bond donors (Lipinski definition) is 3. The summed E-state index contributed by atoms with van der Waals surface area (Å²) < 4.78 is 32.5. The van der Waals surface area contributed by atoms with Gasteiger partial charge in [-0.05, 0) is 12.1 Å². The molecule has 1 aliphatic rings. The second kappa shape index (κ2) is 6.21. The number of carbonyl (C=O) groups is 1. The third-order valence-electron chi connectivity index (χ3n) is 3.55. The monoisotopic (exact) mass is 349 g/mol. The molecule has 8 nitrogen and oxygen atoms in total. The van der Waals surface area contributed by atoms with Crippen LogP contribution in [0.5, 0.6) is 0 Å². The topological polar surface area (TPSA) is 110 Å². The van der Waals surface area contributed by atoms with E-state index in [2.05, 4.69) is 5.53 Å². The number of nitrogens with one attached hydrogen (secondary N) is 1. The molecule has 0 spiro atoms. The SMILES string of the molecule is O=C(O)CN1CC=CN(c2ccc(S(=O)(=O)O)c3ccccc23)N1. The van der Waals surface area contributed by atoms with Crippen molar-refractivity contribution in [2.75, 3.05) is 18.1 Å². The van der Waals surface area contributed by atoms with E-state index in [1.54, 1.807) is 47.6 Å². The molecule has 0 fully saturated rings. The zero-order valence-electron chi connectivity index (χ0n) is 12.5. The van der Waals surface area contributed by atoms with Gasteiger partial charge in [-0.1, -0.05) is 30.3 Å². The van der Waals surface area contributed by atoms with Gasteiger partial charge in [0.15, 0.2) is 0 Å². The van der Waals surface area contributed by atoms with Gasteiger partial charge in [0.1, 0.15) is 11.4 Å². The molecule has 0 unspecified atom stereocenters. The summed E-state index contributed by atoms with van der Waals surface area (Å²) in [5.41, 5.74) is 3.57. The molecule has 0 aromatic heterocycles. The molecule has 126 valence electrons. The molecule has 0 atom stereocenters. The average molecular weight is 349 g/mol. The maximum atomic E-state index is 11.5. The summed E-state index contributed by atoms with van der Waals surface area (Å²) in [4.78, 5) is 10.7. The maximum Gasteiger partial charge on any atom is 0.319 e. The molecule has 24 heavy (non-hydrogen) atoms. The summed E-state index contributed by atoms with van der Waals surface area (Å²) in [6.45, 7) is 0.228. The Bertz CT molecular complexity index is 926. The van der Waals surface area contributed by atoms with Crippen LogP contribution in [0.15, 0.2) is 53.6 Å². The Morgan fingerprint density at radius 3 is 2.54 bits per heavy atom. The van der Waals surface area contributed by atoms with Gasteiger partial charge in [0.05, 0.1) is 5.69 Å². The Morgan fingerprint density at radius 2 is 1.88 bits per heavy atom. The fourth-order valence-electron chi connectivity index (χ4n) is 2.59. The van der Waals surface area contributed by atoms with E-state index in [1.165, 1.54) is 11.1 Å². The van der Waals surface area contributed by atoms with Crippen LogP contribution in [0.1, 0.15) is 0 Å². The lowest BCUT2D eigenvalue weighted by Crippen LogP contribution is -2.52. The largest absolute Gasteiger partial charge is 0.480 e. The molecule has 0 saturated heterocycles. The summed E-state index contributed by atoms with van der Waals surface area (Å²) in [7, 11) is -4.35. The molecule has 0 bridgehead atoms. The van der Waals surface area contributed by atoms with Crippen LogP contribution >= 0.6 is 0 Å². The van der Waals surface area contributed by atoms with Crippen LogP contribution in [0, 0.1) is 0 Å². The number of carboxylic acid groups (broad SMARTS) is 1. The summed E-state index contributed by atoms with van der Waals surface area (Å²) >= 11 is 0. The van der Waals surface area contributed by atoms with E-state index >= 15 is 0 Å². The minimum absolute atomic E-state index is 0.176. The maximum absolute atomic E-state index is 11.5. The first-order valence-electron chi connectivity index (χ1n) is 7.04. The molecule has 1 aliphatic heterocycles. The van der Waals surface area contributed by atoms with Crippen LogP contribution in [0.4, 0.5) is 5.69 Å². The summed E-state index contributed by atoms with van der Waals surface area (Å²) in [5.74, 6) is -0.968. The number of nitrogens with zero attached hydrogens (tertiary/aromatic N) is 2. The van der Waals surface area contributed by atoms with Gasteiger partial charge in [-0.3, -0.25) is 14.4 Å². The van der Waals surface area contributed by atoms with Crippen molar-refractivity contribution in [3.05, 3.63) is 48.7 Å². The van der Waals surface area contributed by atoms with Gasteiger partial charge < -0.3 is 5.11 Å². The highest BCUT2D eigenvalue weighted by atomic mass is 32.2. The Labute approximate surface area is 138 Å². The number of hydrogen-bond acceptors (Lipinski definition) is 6. The van der Waals surface area contributed by atoms with Crippen LogP contribution in [0.3, 0.4) is 0 Å². The van der Waals surface area contributed by atoms with Crippen molar-refractivity contribution in [3.63, 3.8) is 0 Å². The lowest BCUT2D eigenvalue weighted by molar-refractivity contribution is -0.139. The normalized spacial score (nSPS) is 15.8. The van der Waals surface area contributed by atoms with Crippen molar-refractivity contribution in [1.29, 1.82) is 0 Å². The first-order chi connectivity index (χ1) is 11.4. The number of hydrazine groups is 2. The van der Waals surface area contributed by atoms with E-state index in [0.29, 0.717) is 23.0 Å². The van der Waals surface area contributed by atoms with Crippen LogP contribution in [0.25, 0.3) is 10.8 Å². The Balaban J connectivity index is 2.07. The van der Waals surface area contributed by atoms with E-state index in [9.17, 15) is 17.8 Å². The molecule has 3 N–H and O–H groups in total. The molecule has 9 heteroatoms. The first-order valence-corrected chi connectivity index (χ1v) is 8.48. The average Bonchev–Trinajstić information content (AvgIpc) is 2.52. The molecule has 2 aromatic carbocycles. The third-order valence-corrected chi connectivity index (χ3v) is 4.47. The van der Waals surface area contributed by atoms with Crippen molar-refractivity contribution in [3.8, 4) is 0 Å². The smallest absolute Gasteiger partial charge is 0.319 e. The van der Waals surface area contributed by atoms with E-state index in [-0.39, 0.29) is 11.4 Å². The number of carboxylic acids is 1. The van der Waals surface area contributed by atoms with Crippen LogP contribution in [-0.2, 0) is 14.9 Å². The molecule has 1 heterocycles. The van der Waals surface area contributed by atoms with Crippen LogP contribution < -0.4 is 10.5 Å². The molecule has 0 radical (unpaired) electrons. The molecule has 0 saturated carbocycles. The standard InChI is InChI=1S/C15H15N3O5S/c19-15(20)10-17-8-3-9-18(16-17)13-6-7-14(24(21,22)23)12-5-2-1-4-11(12)13/h1-7,9,16H,8,10H2,(H,19,20)(H,21,22,23). The fraction of sp³-hybridized carbons (Fsp3) is 0.133. The molecule has 0 amide bonds. The number of rotatable bonds is 4. The van der Waals surface area contributed by atoms with Crippen molar-refractivity contribution in [2.24, 2.45) is 0 Å². The zero-order chi connectivity index (χ0) is 17.3. The second-order valence-corrected chi connectivity index (χ2v) is 6.62. The van der Waals surface area contributed by atoms with Gasteiger partial charge >= 0.3 is 5.97 Å². The van der Waals surface area contributed by atoms with Gasteiger partial charge in [-0.2, -0.15) is 14.0 Å². The van der Waals surface area contributed by atoms with Crippen molar-refractivity contribution in [2.45, 2.75) is 4.90 Å². The van der Waals surface area contributed by atoms with Gasteiger partial charge in [-0.25, -0.2) is 5.01 Å². The highest BCUT2D eigenvalue weighted by Crippen LogP contribution is 2.31. The number of benzene rings is 2. The summed E-state index contributed by atoms with van der Waals surface area (Å²) in [6.07, 6.45) is 3.51. The minimum atomic E-state index is -4.35. The van der Waals surface area contributed by atoms with Crippen LogP contribution in [-0.4, -0.2) is 42.1 Å². The Kier molecular flexibility index (Phi) is 4.24. The van der Waals surface area contributed by atoms with Crippen molar-refractivity contribution >= 4 is 32.5 Å². The van der Waals surface area contributed by atoms with Gasteiger partial charge in [0.2, 0.25) is 0 Å². The molecule has 0 aliphatic carbocycles.